The molecule has 2 fully saturated rings. The molecule has 2 aliphatic heterocycles. The second kappa shape index (κ2) is 7.77. The zero-order chi connectivity index (χ0) is 17.9. The van der Waals surface area contributed by atoms with E-state index in [0.29, 0.717) is 6.04 Å². The lowest BCUT2D eigenvalue weighted by atomic mass is 9.93. The molecular weight excluding hydrogens is 327 g/mol. The molecule has 2 aromatic carbocycles. The Hall–Kier alpha value is -1.91. The highest BCUT2D eigenvalue weighted by atomic mass is 19.1. The molecule has 0 aromatic heterocycles. The van der Waals surface area contributed by atoms with Crippen molar-refractivity contribution in [2.75, 3.05) is 26.7 Å². The first-order chi connectivity index (χ1) is 12.7. The minimum absolute atomic E-state index is 0.165. The molecule has 26 heavy (non-hydrogen) atoms. The standard InChI is InChI=1S/C22H27FN2O/c1-26-22-9-4-17(14-19(22)16-24-11-2-3-12-24)15-25-13-10-21(25)18-5-7-20(23)8-6-18/h4-9,14,21H,2-3,10-13,15-16H2,1H3/t21-/m1/s1. The fraction of sp³-hybridized carbons (Fsp3) is 0.455. The molecule has 0 aliphatic carbocycles. The van der Waals surface area contributed by atoms with Gasteiger partial charge in [-0.2, -0.15) is 0 Å². The fourth-order valence-corrected chi connectivity index (χ4v) is 4.16. The van der Waals surface area contributed by atoms with Crippen molar-refractivity contribution in [3.8, 4) is 5.75 Å². The molecule has 3 nitrogen and oxygen atoms in total. The number of likely N-dealkylation sites (tertiary alicyclic amines) is 2. The van der Waals surface area contributed by atoms with Gasteiger partial charge in [-0.15, -0.1) is 0 Å². The molecule has 0 radical (unpaired) electrons. The van der Waals surface area contributed by atoms with Crippen molar-refractivity contribution in [3.05, 3.63) is 65.0 Å². The van der Waals surface area contributed by atoms with E-state index in [0.717, 1.165) is 31.8 Å². The summed E-state index contributed by atoms with van der Waals surface area (Å²) < 4.78 is 18.8. The van der Waals surface area contributed by atoms with E-state index in [9.17, 15) is 4.39 Å². The Morgan fingerprint density at radius 3 is 2.42 bits per heavy atom. The van der Waals surface area contributed by atoms with E-state index in [1.165, 1.54) is 42.6 Å². The summed E-state index contributed by atoms with van der Waals surface area (Å²) in [5.41, 5.74) is 3.82. The Kier molecular flexibility index (Phi) is 5.23. The van der Waals surface area contributed by atoms with Gasteiger partial charge >= 0.3 is 0 Å². The van der Waals surface area contributed by atoms with E-state index in [1.54, 1.807) is 19.2 Å². The van der Waals surface area contributed by atoms with Crippen LogP contribution in [0.1, 0.15) is 42.0 Å². The molecule has 1 atom stereocenters. The largest absolute Gasteiger partial charge is 0.496 e. The molecule has 2 aliphatic rings. The number of rotatable bonds is 6. The Bertz CT molecular complexity index is 740. The summed E-state index contributed by atoms with van der Waals surface area (Å²) in [5, 5.41) is 0. The van der Waals surface area contributed by atoms with Gasteiger partial charge in [-0.05, 0) is 67.7 Å². The van der Waals surface area contributed by atoms with Crippen LogP contribution in [0.5, 0.6) is 5.75 Å². The Morgan fingerprint density at radius 2 is 1.77 bits per heavy atom. The molecule has 0 amide bonds. The first kappa shape index (κ1) is 17.5. The summed E-state index contributed by atoms with van der Waals surface area (Å²) in [6.07, 6.45) is 3.74. The Balaban J connectivity index is 1.46. The third-order valence-electron chi connectivity index (χ3n) is 5.71. The molecule has 0 saturated carbocycles. The van der Waals surface area contributed by atoms with Gasteiger partial charge < -0.3 is 4.74 Å². The van der Waals surface area contributed by atoms with Crippen molar-refractivity contribution >= 4 is 0 Å². The van der Waals surface area contributed by atoms with Gasteiger partial charge in [0.25, 0.3) is 0 Å². The average molecular weight is 354 g/mol. The van der Waals surface area contributed by atoms with E-state index in [1.807, 2.05) is 12.1 Å². The number of hydrogen-bond donors (Lipinski definition) is 0. The molecule has 4 heteroatoms. The maximum absolute atomic E-state index is 13.2. The zero-order valence-electron chi connectivity index (χ0n) is 15.5. The Labute approximate surface area is 155 Å². The van der Waals surface area contributed by atoms with Crippen LogP contribution in [0.2, 0.25) is 0 Å². The molecule has 2 saturated heterocycles. The summed E-state index contributed by atoms with van der Waals surface area (Å²) in [4.78, 5) is 4.97. The van der Waals surface area contributed by atoms with E-state index in [4.69, 9.17) is 4.74 Å². The average Bonchev–Trinajstić information content (AvgIpc) is 3.14. The Morgan fingerprint density at radius 1 is 1.00 bits per heavy atom. The quantitative estimate of drug-likeness (QED) is 0.766. The molecular formula is C22H27FN2O. The summed E-state index contributed by atoms with van der Waals surface area (Å²) in [7, 11) is 1.75. The van der Waals surface area contributed by atoms with Gasteiger partial charge in [0.05, 0.1) is 7.11 Å². The zero-order valence-corrected chi connectivity index (χ0v) is 15.5. The van der Waals surface area contributed by atoms with Crippen LogP contribution < -0.4 is 4.74 Å². The van der Waals surface area contributed by atoms with Gasteiger partial charge in [-0.3, -0.25) is 9.80 Å². The molecule has 0 N–H and O–H groups in total. The van der Waals surface area contributed by atoms with Crippen LogP contribution in [0, 0.1) is 5.82 Å². The highest BCUT2D eigenvalue weighted by molar-refractivity contribution is 5.37. The van der Waals surface area contributed by atoms with Gasteiger partial charge in [0.2, 0.25) is 0 Å². The monoisotopic (exact) mass is 354 g/mol. The minimum Gasteiger partial charge on any atom is -0.496 e. The second-order valence-corrected chi connectivity index (χ2v) is 7.46. The first-order valence-corrected chi connectivity index (χ1v) is 9.60. The maximum atomic E-state index is 13.2. The summed E-state index contributed by atoms with van der Waals surface area (Å²) in [6, 6.07) is 13.9. The molecule has 0 unspecified atom stereocenters. The lowest BCUT2D eigenvalue weighted by Gasteiger charge is -2.41. The normalized spacial score (nSPS) is 20.9. The third kappa shape index (κ3) is 3.76. The fourth-order valence-electron chi connectivity index (χ4n) is 4.16. The van der Waals surface area contributed by atoms with Crippen LogP contribution in [-0.2, 0) is 13.1 Å². The highest BCUT2D eigenvalue weighted by Crippen LogP contribution is 2.35. The van der Waals surface area contributed by atoms with E-state index in [2.05, 4.69) is 28.0 Å². The number of benzene rings is 2. The smallest absolute Gasteiger partial charge is 0.123 e. The topological polar surface area (TPSA) is 15.7 Å². The van der Waals surface area contributed by atoms with E-state index in [-0.39, 0.29) is 5.82 Å². The number of nitrogens with zero attached hydrogens (tertiary/aromatic N) is 2. The molecule has 4 rings (SSSR count). The number of hydrogen-bond acceptors (Lipinski definition) is 3. The van der Waals surface area contributed by atoms with Crippen molar-refractivity contribution in [2.24, 2.45) is 0 Å². The number of methoxy groups -OCH3 is 1. The second-order valence-electron chi connectivity index (χ2n) is 7.46. The first-order valence-electron chi connectivity index (χ1n) is 9.60. The van der Waals surface area contributed by atoms with Crippen LogP contribution in [0.3, 0.4) is 0 Å². The van der Waals surface area contributed by atoms with E-state index < -0.39 is 0 Å². The van der Waals surface area contributed by atoms with Crippen LogP contribution in [0.25, 0.3) is 0 Å². The van der Waals surface area contributed by atoms with Gasteiger partial charge in [0.15, 0.2) is 0 Å². The van der Waals surface area contributed by atoms with Crippen LogP contribution in [0.15, 0.2) is 42.5 Å². The van der Waals surface area contributed by atoms with E-state index >= 15 is 0 Å². The minimum atomic E-state index is -0.165. The predicted molar refractivity (Wildman–Crippen MR) is 102 cm³/mol. The lowest BCUT2D eigenvalue weighted by Crippen LogP contribution is -2.40. The SMILES string of the molecule is COc1ccc(CN2CC[C@@H]2c2ccc(F)cc2)cc1CN1CCCC1. The summed E-state index contributed by atoms with van der Waals surface area (Å²) >= 11 is 0. The molecule has 138 valence electrons. The van der Waals surface area contributed by atoms with Gasteiger partial charge in [-0.1, -0.05) is 18.2 Å². The lowest BCUT2D eigenvalue weighted by molar-refractivity contribution is 0.0818. The van der Waals surface area contributed by atoms with Crippen molar-refractivity contribution in [1.82, 2.24) is 9.80 Å². The van der Waals surface area contributed by atoms with Crippen LogP contribution in [-0.4, -0.2) is 36.5 Å². The summed E-state index contributed by atoms with van der Waals surface area (Å²) in [5.74, 6) is 0.820. The molecule has 0 bridgehead atoms. The van der Waals surface area contributed by atoms with Gasteiger partial charge in [0, 0.05) is 31.2 Å². The number of ether oxygens (including phenoxy) is 1. The number of halogens is 1. The van der Waals surface area contributed by atoms with Crippen molar-refractivity contribution in [1.29, 1.82) is 0 Å². The summed E-state index contributed by atoms with van der Waals surface area (Å²) in [6.45, 7) is 5.37. The maximum Gasteiger partial charge on any atom is 0.123 e. The van der Waals surface area contributed by atoms with Crippen molar-refractivity contribution < 1.29 is 9.13 Å². The van der Waals surface area contributed by atoms with Crippen LogP contribution >= 0.6 is 0 Å². The van der Waals surface area contributed by atoms with Crippen molar-refractivity contribution in [3.63, 3.8) is 0 Å². The van der Waals surface area contributed by atoms with Crippen LogP contribution in [0.4, 0.5) is 4.39 Å². The molecule has 2 heterocycles. The molecule has 2 aromatic rings. The van der Waals surface area contributed by atoms with Gasteiger partial charge in [0.1, 0.15) is 11.6 Å². The predicted octanol–water partition coefficient (Wildman–Crippen LogP) is 4.38. The van der Waals surface area contributed by atoms with Crippen molar-refractivity contribution in [2.45, 2.75) is 38.4 Å². The molecule has 0 spiro atoms. The third-order valence-corrected chi connectivity index (χ3v) is 5.71. The highest BCUT2D eigenvalue weighted by Gasteiger charge is 2.29. The van der Waals surface area contributed by atoms with Gasteiger partial charge in [-0.25, -0.2) is 4.39 Å².